The van der Waals surface area contributed by atoms with Crippen molar-refractivity contribution < 1.29 is 5.11 Å². The first kappa shape index (κ1) is 16.1. The number of aliphatic hydroxyl groups is 1. The predicted molar refractivity (Wildman–Crippen MR) is 85.5 cm³/mol. The highest BCUT2D eigenvalue weighted by molar-refractivity contribution is 6.42. The van der Waals surface area contributed by atoms with Gasteiger partial charge in [-0.3, -0.25) is 0 Å². The van der Waals surface area contributed by atoms with Gasteiger partial charge in [0.25, 0.3) is 0 Å². The van der Waals surface area contributed by atoms with Crippen molar-refractivity contribution in [1.82, 2.24) is 5.32 Å². The monoisotopic (exact) mass is 315 g/mol. The smallest absolute Gasteiger partial charge is 0.0595 e. The molecule has 1 aliphatic rings. The zero-order valence-electron chi connectivity index (χ0n) is 11.9. The summed E-state index contributed by atoms with van der Waals surface area (Å²) in [6.07, 6.45) is 5.06. The van der Waals surface area contributed by atoms with E-state index in [1.807, 2.05) is 18.2 Å². The number of aliphatic hydroxyl groups excluding tert-OH is 1. The first-order valence-corrected chi connectivity index (χ1v) is 8.22. The third-order valence-electron chi connectivity index (χ3n) is 4.22. The third-order valence-corrected chi connectivity index (χ3v) is 4.96. The van der Waals surface area contributed by atoms with Crippen LogP contribution in [-0.2, 0) is 0 Å². The molecular formula is C16H23Cl2NO. The van der Waals surface area contributed by atoms with E-state index in [1.165, 1.54) is 5.56 Å². The summed E-state index contributed by atoms with van der Waals surface area (Å²) in [7, 11) is 0. The van der Waals surface area contributed by atoms with Crippen LogP contribution >= 0.6 is 23.2 Å². The molecule has 1 atom stereocenters. The Morgan fingerprint density at radius 1 is 1.20 bits per heavy atom. The molecule has 2 nitrogen and oxygen atoms in total. The topological polar surface area (TPSA) is 32.3 Å². The number of hydrogen-bond acceptors (Lipinski definition) is 2. The zero-order valence-corrected chi connectivity index (χ0v) is 13.4. The van der Waals surface area contributed by atoms with Crippen molar-refractivity contribution in [3.05, 3.63) is 33.8 Å². The van der Waals surface area contributed by atoms with Crippen LogP contribution in [0.15, 0.2) is 18.2 Å². The number of benzene rings is 1. The Bertz CT molecular complexity index is 430. The maximum Gasteiger partial charge on any atom is 0.0595 e. The standard InChI is InChI=1S/C16H23Cl2NO/c1-2-16(12-5-8-14(17)15(18)9-12)19-10-11-3-6-13(20)7-4-11/h5,8-9,11,13,16,19-20H,2-4,6-7,10H2,1H3. The molecule has 1 aliphatic carbocycles. The molecule has 1 aromatic carbocycles. The van der Waals surface area contributed by atoms with E-state index in [9.17, 15) is 5.11 Å². The molecule has 2 rings (SSSR count). The number of hydrogen-bond donors (Lipinski definition) is 2. The summed E-state index contributed by atoms with van der Waals surface area (Å²) in [4.78, 5) is 0. The van der Waals surface area contributed by atoms with E-state index in [4.69, 9.17) is 23.2 Å². The van der Waals surface area contributed by atoms with E-state index in [0.29, 0.717) is 22.0 Å². The minimum absolute atomic E-state index is 0.0803. The van der Waals surface area contributed by atoms with Crippen LogP contribution in [0, 0.1) is 5.92 Å². The first-order chi connectivity index (χ1) is 9.60. The van der Waals surface area contributed by atoms with Crippen LogP contribution < -0.4 is 5.32 Å². The number of halogens is 2. The van der Waals surface area contributed by atoms with Crippen molar-refractivity contribution in [3.63, 3.8) is 0 Å². The first-order valence-electron chi connectivity index (χ1n) is 7.46. The van der Waals surface area contributed by atoms with Gasteiger partial charge in [-0.15, -0.1) is 0 Å². The molecule has 1 fully saturated rings. The van der Waals surface area contributed by atoms with Gasteiger partial charge in [-0.05, 0) is 62.3 Å². The highest BCUT2D eigenvalue weighted by Crippen LogP contribution is 2.28. The van der Waals surface area contributed by atoms with E-state index in [0.717, 1.165) is 38.6 Å². The summed E-state index contributed by atoms with van der Waals surface area (Å²) in [5, 5.41) is 14.4. The molecule has 4 heteroatoms. The van der Waals surface area contributed by atoms with Gasteiger partial charge in [0.05, 0.1) is 16.1 Å². The zero-order chi connectivity index (χ0) is 14.5. The molecule has 1 saturated carbocycles. The Hall–Kier alpha value is -0.280. The van der Waals surface area contributed by atoms with E-state index >= 15 is 0 Å². The van der Waals surface area contributed by atoms with Crippen LogP contribution in [0.1, 0.15) is 50.6 Å². The predicted octanol–water partition coefficient (Wildman–Crippen LogP) is 4.59. The second-order valence-corrected chi connectivity index (χ2v) is 6.53. The Labute approximate surface area is 131 Å². The SMILES string of the molecule is CCC(NCC1CCC(O)CC1)c1ccc(Cl)c(Cl)c1. The summed E-state index contributed by atoms with van der Waals surface area (Å²) in [5.41, 5.74) is 1.19. The molecule has 0 aromatic heterocycles. The largest absolute Gasteiger partial charge is 0.393 e. The van der Waals surface area contributed by atoms with Crippen LogP contribution in [0.3, 0.4) is 0 Å². The van der Waals surface area contributed by atoms with Crippen LogP contribution in [-0.4, -0.2) is 17.8 Å². The number of nitrogens with one attached hydrogen (secondary N) is 1. The molecule has 0 bridgehead atoms. The van der Waals surface area contributed by atoms with Crippen molar-refractivity contribution in [1.29, 1.82) is 0 Å². The van der Waals surface area contributed by atoms with Gasteiger partial charge in [-0.2, -0.15) is 0 Å². The van der Waals surface area contributed by atoms with Crippen LogP contribution in [0.2, 0.25) is 10.0 Å². The van der Waals surface area contributed by atoms with Crippen molar-refractivity contribution in [2.24, 2.45) is 5.92 Å². The average Bonchev–Trinajstić information content (AvgIpc) is 2.45. The molecule has 0 heterocycles. The summed E-state index contributed by atoms with van der Waals surface area (Å²) in [6, 6.07) is 6.17. The molecule has 0 aliphatic heterocycles. The van der Waals surface area contributed by atoms with E-state index in [2.05, 4.69) is 12.2 Å². The molecule has 1 unspecified atom stereocenters. The second-order valence-electron chi connectivity index (χ2n) is 5.72. The second kappa shape index (κ2) is 7.65. The van der Waals surface area contributed by atoms with E-state index in [-0.39, 0.29) is 6.10 Å². The molecule has 0 saturated heterocycles. The third kappa shape index (κ3) is 4.36. The van der Waals surface area contributed by atoms with Crippen molar-refractivity contribution in [2.75, 3.05) is 6.54 Å². The Morgan fingerprint density at radius 2 is 1.90 bits per heavy atom. The van der Waals surface area contributed by atoms with Crippen LogP contribution in [0.25, 0.3) is 0 Å². The maximum absolute atomic E-state index is 9.54. The minimum atomic E-state index is -0.0803. The summed E-state index contributed by atoms with van der Waals surface area (Å²) in [6.45, 7) is 3.18. The normalized spacial score (nSPS) is 24.6. The molecule has 0 amide bonds. The Balaban J connectivity index is 1.90. The molecule has 2 N–H and O–H groups in total. The lowest BCUT2D eigenvalue weighted by molar-refractivity contribution is 0.107. The van der Waals surface area contributed by atoms with Gasteiger partial charge in [0, 0.05) is 6.04 Å². The molecule has 1 aromatic rings. The lowest BCUT2D eigenvalue weighted by Gasteiger charge is -2.27. The lowest BCUT2D eigenvalue weighted by atomic mass is 9.87. The average molecular weight is 316 g/mol. The highest BCUT2D eigenvalue weighted by Gasteiger charge is 2.20. The molecule has 0 radical (unpaired) electrons. The van der Waals surface area contributed by atoms with Gasteiger partial charge in [0.15, 0.2) is 0 Å². The van der Waals surface area contributed by atoms with Gasteiger partial charge >= 0.3 is 0 Å². The Kier molecular flexibility index (Phi) is 6.16. The van der Waals surface area contributed by atoms with E-state index in [1.54, 1.807) is 0 Å². The summed E-state index contributed by atoms with van der Waals surface area (Å²) >= 11 is 12.1. The fraction of sp³-hybridized carbons (Fsp3) is 0.625. The van der Waals surface area contributed by atoms with Gasteiger partial charge in [-0.1, -0.05) is 36.2 Å². The van der Waals surface area contributed by atoms with Gasteiger partial charge in [-0.25, -0.2) is 0 Å². The van der Waals surface area contributed by atoms with E-state index < -0.39 is 0 Å². The fourth-order valence-corrected chi connectivity index (χ4v) is 3.19. The lowest BCUT2D eigenvalue weighted by Crippen LogP contribution is -2.30. The Morgan fingerprint density at radius 3 is 2.50 bits per heavy atom. The molecular weight excluding hydrogens is 293 g/mol. The van der Waals surface area contributed by atoms with Crippen LogP contribution in [0.5, 0.6) is 0 Å². The number of rotatable bonds is 5. The maximum atomic E-state index is 9.54. The summed E-state index contributed by atoms with van der Waals surface area (Å²) < 4.78 is 0. The molecule has 0 spiro atoms. The van der Waals surface area contributed by atoms with Crippen molar-refractivity contribution >= 4 is 23.2 Å². The van der Waals surface area contributed by atoms with Gasteiger partial charge in [0.1, 0.15) is 0 Å². The minimum Gasteiger partial charge on any atom is -0.393 e. The fourth-order valence-electron chi connectivity index (χ4n) is 2.88. The van der Waals surface area contributed by atoms with Crippen molar-refractivity contribution in [3.8, 4) is 0 Å². The molecule has 20 heavy (non-hydrogen) atoms. The van der Waals surface area contributed by atoms with Crippen molar-refractivity contribution in [2.45, 2.75) is 51.2 Å². The highest BCUT2D eigenvalue weighted by atomic mass is 35.5. The molecule has 112 valence electrons. The summed E-state index contributed by atoms with van der Waals surface area (Å²) in [5.74, 6) is 0.676. The quantitative estimate of drug-likeness (QED) is 0.833. The van der Waals surface area contributed by atoms with Gasteiger partial charge < -0.3 is 10.4 Å². The van der Waals surface area contributed by atoms with Gasteiger partial charge in [0.2, 0.25) is 0 Å². The van der Waals surface area contributed by atoms with Crippen LogP contribution in [0.4, 0.5) is 0 Å².